The van der Waals surface area contributed by atoms with E-state index in [-0.39, 0.29) is 0 Å². The maximum atomic E-state index is 5.69. The van der Waals surface area contributed by atoms with Crippen molar-refractivity contribution in [3.8, 4) is 0 Å². The molecule has 2 unspecified atom stereocenters. The first-order valence-corrected chi connectivity index (χ1v) is 5.00. The fourth-order valence-corrected chi connectivity index (χ4v) is 1.43. The molecule has 0 rings (SSSR count). The molecule has 0 aromatic rings. The first-order chi connectivity index (χ1) is 5.61. The number of hydrogen-bond acceptors (Lipinski definition) is 2. The van der Waals surface area contributed by atoms with E-state index in [4.69, 9.17) is 4.74 Å². The van der Waals surface area contributed by atoms with E-state index in [9.17, 15) is 0 Å². The zero-order chi connectivity index (χ0) is 9.56. The van der Waals surface area contributed by atoms with Crippen molar-refractivity contribution in [1.29, 1.82) is 0 Å². The topological polar surface area (TPSA) is 21.3 Å². The van der Waals surface area contributed by atoms with Crippen molar-refractivity contribution in [2.75, 3.05) is 6.54 Å². The van der Waals surface area contributed by atoms with Gasteiger partial charge in [-0.1, -0.05) is 13.8 Å². The Hall–Kier alpha value is -0.0800. The summed E-state index contributed by atoms with van der Waals surface area (Å²) in [7, 11) is 0. The van der Waals surface area contributed by atoms with Crippen LogP contribution in [-0.2, 0) is 4.74 Å². The highest BCUT2D eigenvalue weighted by molar-refractivity contribution is 4.71. The van der Waals surface area contributed by atoms with Gasteiger partial charge in [0.05, 0.1) is 12.2 Å². The van der Waals surface area contributed by atoms with Gasteiger partial charge in [-0.25, -0.2) is 0 Å². The molecule has 0 aliphatic carbocycles. The quantitative estimate of drug-likeness (QED) is 0.665. The van der Waals surface area contributed by atoms with Crippen LogP contribution in [0.1, 0.15) is 41.0 Å². The first-order valence-electron chi connectivity index (χ1n) is 5.00. The standard InChI is InChI=1S/C10H23NO/c1-6-10(11-7-2)9(5)12-8(3)4/h8-11H,6-7H2,1-5H3. The number of ether oxygens (including phenoxy) is 1. The molecule has 2 atom stereocenters. The molecule has 0 aromatic heterocycles. The van der Waals surface area contributed by atoms with Crippen molar-refractivity contribution in [1.82, 2.24) is 5.32 Å². The third kappa shape index (κ3) is 4.73. The Bertz CT molecular complexity index is 104. The van der Waals surface area contributed by atoms with Crippen LogP contribution in [0.2, 0.25) is 0 Å². The van der Waals surface area contributed by atoms with Gasteiger partial charge in [-0.15, -0.1) is 0 Å². The molecule has 2 heteroatoms. The Kier molecular flexibility index (Phi) is 6.39. The molecular weight excluding hydrogens is 150 g/mol. The zero-order valence-electron chi connectivity index (χ0n) is 9.05. The molecule has 12 heavy (non-hydrogen) atoms. The van der Waals surface area contributed by atoms with E-state index in [1.54, 1.807) is 0 Å². The van der Waals surface area contributed by atoms with Crippen LogP contribution in [0.25, 0.3) is 0 Å². The molecule has 0 aliphatic rings. The molecule has 74 valence electrons. The molecule has 1 N–H and O–H groups in total. The molecule has 0 heterocycles. The van der Waals surface area contributed by atoms with Gasteiger partial charge in [-0.05, 0) is 33.7 Å². The minimum atomic E-state index is 0.315. The van der Waals surface area contributed by atoms with Crippen LogP contribution < -0.4 is 5.32 Å². The van der Waals surface area contributed by atoms with Gasteiger partial charge in [0.2, 0.25) is 0 Å². The van der Waals surface area contributed by atoms with Crippen molar-refractivity contribution in [2.45, 2.75) is 59.3 Å². The zero-order valence-corrected chi connectivity index (χ0v) is 9.05. The van der Waals surface area contributed by atoms with Gasteiger partial charge < -0.3 is 10.1 Å². The summed E-state index contributed by atoms with van der Waals surface area (Å²) < 4.78 is 5.69. The highest BCUT2D eigenvalue weighted by atomic mass is 16.5. The van der Waals surface area contributed by atoms with Crippen molar-refractivity contribution in [3.05, 3.63) is 0 Å². The molecule has 0 aromatic carbocycles. The summed E-state index contributed by atoms with van der Waals surface area (Å²) in [5.41, 5.74) is 0. The van der Waals surface area contributed by atoms with Crippen LogP contribution in [0, 0.1) is 0 Å². The van der Waals surface area contributed by atoms with Gasteiger partial charge in [0.25, 0.3) is 0 Å². The van der Waals surface area contributed by atoms with Gasteiger partial charge in [0, 0.05) is 6.04 Å². The van der Waals surface area contributed by atoms with Gasteiger partial charge >= 0.3 is 0 Å². The fourth-order valence-electron chi connectivity index (χ4n) is 1.43. The molecule has 0 saturated carbocycles. The summed E-state index contributed by atoms with van der Waals surface area (Å²) in [6, 6.07) is 0.498. The minimum absolute atomic E-state index is 0.315. The van der Waals surface area contributed by atoms with E-state index in [0.29, 0.717) is 18.2 Å². The Morgan fingerprint density at radius 3 is 2.08 bits per heavy atom. The van der Waals surface area contributed by atoms with Crippen LogP contribution in [0.3, 0.4) is 0 Å². The lowest BCUT2D eigenvalue weighted by atomic mass is 10.1. The van der Waals surface area contributed by atoms with Gasteiger partial charge in [-0.2, -0.15) is 0 Å². The number of hydrogen-bond donors (Lipinski definition) is 1. The van der Waals surface area contributed by atoms with Crippen LogP contribution in [-0.4, -0.2) is 24.8 Å². The second kappa shape index (κ2) is 6.44. The van der Waals surface area contributed by atoms with Gasteiger partial charge in [-0.3, -0.25) is 0 Å². The summed E-state index contributed by atoms with van der Waals surface area (Å²) >= 11 is 0. The van der Waals surface area contributed by atoms with Crippen molar-refractivity contribution >= 4 is 0 Å². The maximum absolute atomic E-state index is 5.69. The van der Waals surface area contributed by atoms with E-state index < -0.39 is 0 Å². The van der Waals surface area contributed by atoms with Crippen LogP contribution in [0.15, 0.2) is 0 Å². The Morgan fingerprint density at radius 1 is 1.17 bits per heavy atom. The lowest BCUT2D eigenvalue weighted by Crippen LogP contribution is -2.40. The largest absolute Gasteiger partial charge is 0.374 e. The predicted octanol–water partition coefficient (Wildman–Crippen LogP) is 2.19. The molecule has 0 amide bonds. The molecule has 0 spiro atoms. The first kappa shape index (κ1) is 11.9. The van der Waals surface area contributed by atoms with Crippen LogP contribution in [0.4, 0.5) is 0 Å². The fraction of sp³-hybridized carbons (Fsp3) is 1.00. The number of nitrogens with one attached hydrogen (secondary N) is 1. The second-order valence-corrected chi connectivity index (χ2v) is 3.46. The van der Waals surface area contributed by atoms with E-state index in [0.717, 1.165) is 13.0 Å². The highest BCUT2D eigenvalue weighted by Gasteiger charge is 2.15. The number of likely N-dealkylation sites (N-methyl/N-ethyl adjacent to an activating group) is 1. The van der Waals surface area contributed by atoms with E-state index >= 15 is 0 Å². The highest BCUT2D eigenvalue weighted by Crippen LogP contribution is 2.05. The third-order valence-electron chi connectivity index (χ3n) is 1.96. The Morgan fingerprint density at radius 2 is 1.75 bits per heavy atom. The smallest absolute Gasteiger partial charge is 0.0703 e. The summed E-state index contributed by atoms with van der Waals surface area (Å²) in [4.78, 5) is 0. The summed E-state index contributed by atoms with van der Waals surface area (Å²) in [6.07, 6.45) is 1.77. The average Bonchev–Trinajstić information content (AvgIpc) is 1.98. The molecule has 0 bridgehead atoms. The molecule has 0 saturated heterocycles. The SMILES string of the molecule is CCNC(CC)C(C)OC(C)C. The van der Waals surface area contributed by atoms with Crippen molar-refractivity contribution in [2.24, 2.45) is 0 Å². The summed E-state index contributed by atoms with van der Waals surface area (Å²) in [6.45, 7) is 11.6. The van der Waals surface area contributed by atoms with E-state index in [1.165, 1.54) is 0 Å². The molecule has 0 fully saturated rings. The minimum Gasteiger partial charge on any atom is -0.374 e. The molecule has 2 nitrogen and oxygen atoms in total. The van der Waals surface area contributed by atoms with Gasteiger partial charge in [0.1, 0.15) is 0 Å². The Labute approximate surface area is 76.7 Å². The summed E-state index contributed by atoms with van der Waals surface area (Å²) in [5, 5.41) is 3.41. The summed E-state index contributed by atoms with van der Waals surface area (Å²) in [5.74, 6) is 0. The third-order valence-corrected chi connectivity index (χ3v) is 1.96. The van der Waals surface area contributed by atoms with Crippen molar-refractivity contribution in [3.63, 3.8) is 0 Å². The Balaban J connectivity index is 3.76. The maximum Gasteiger partial charge on any atom is 0.0703 e. The van der Waals surface area contributed by atoms with Crippen LogP contribution >= 0.6 is 0 Å². The average molecular weight is 173 g/mol. The molecule has 0 radical (unpaired) electrons. The van der Waals surface area contributed by atoms with Crippen LogP contribution in [0.5, 0.6) is 0 Å². The number of rotatable bonds is 6. The van der Waals surface area contributed by atoms with Crippen molar-refractivity contribution < 1.29 is 4.74 Å². The normalized spacial score (nSPS) is 16.5. The monoisotopic (exact) mass is 173 g/mol. The lowest BCUT2D eigenvalue weighted by molar-refractivity contribution is -0.00316. The molecular formula is C10H23NO. The van der Waals surface area contributed by atoms with E-state index in [1.807, 2.05) is 0 Å². The second-order valence-electron chi connectivity index (χ2n) is 3.46. The van der Waals surface area contributed by atoms with E-state index in [2.05, 4.69) is 39.9 Å². The van der Waals surface area contributed by atoms with Gasteiger partial charge in [0.15, 0.2) is 0 Å². The lowest BCUT2D eigenvalue weighted by Gasteiger charge is -2.25. The predicted molar refractivity (Wildman–Crippen MR) is 53.4 cm³/mol. The molecule has 0 aliphatic heterocycles.